The molecule has 0 spiro atoms. The molecule has 2 aromatic rings. The van der Waals surface area contributed by atoms with Gasteiger partial charge in [0.2, 0.25) is 0 Å². The van der Waals surface area contributed by atoms with Crippen molar-refractivity contribution >= 4 is 5.91 Å². The molecule has 3 rings (SSSR count). The average molecular weight is 359 g/mol. The number of nitrogens with zero attached hydrogens (tertiary/aromatic N) is 2. The molecule has 6 nitrogen and oxygen atoms in total. The molecule has 0 aliphatic carbocycles. The summed E-state index contributed by atoms with van der Waals surface area (Å²) in [6, 6.07) is 9.37. The fourth-order valence-electron chi connectivity index (χ4n) is 3.09. The minimum Gasteiger partial charge on any atom is -0.497 e. The lowest BCUT2D eigenvalue weighted by atomic mass is 10.0. The van der Waals surface area contributed by atoms with Gasteiger partial charge in [-0.3, -0.25) is 14.7 Å². The molecule has 26 heavy (non-hydrogen) atoms. The SMILES string of the molecule is COc1ccc(F)c(CN2CC[C@@H](NC(=O)c3ccccn3)[C@H](O)C2)c1. The first-order valence-electron chi connectivity index (χ1n) is 8.51. The number of methoxy groups -OCH3 is 1. The maximum Gasteiger partial charge on any atom is 0.270 e. The topological polar surface area (TPSA) is 74.7 Å². The Balaban J connectivity index is 1.58. The van der Waals surface area contributed by atoms with Crippen LogP contribution in [-0.4, -0.2) is 53.2 Å². The molecule has 1 aromatic carbocycles. The van der Waals surface area contributed by atoms with Crippen LogP contribution in [0.4, 0.5) is 4.39 Å². The molecule has 2 N–H and O–H groups in total. The number of carbonyl (C=O) groups excluding carboxylic acids is 1. The molecule has 2 heterocycles. The van der Waals surface area contributed by atoms with Crippen molar-refractivity contribution < 1.29 is 19.0 Å². The number of pyridine rings is 1. The second-order valence-electron chi connectivity index (χ2n) is 6.34. The molecule has 1 aliphatic heterocycles. The molecule has 7 heteroatoms. The molecule has 0 bridgehead atoms. The van der Waals surface area contributed by atoms with Gasteiger partial charge < -0.3 is 15.2 Å². The Morgan fingerprint density at radius 1 is 1.42 bits per heavy atom. The lowest BCUT2D eigenvalue weighted by molar-refractivity contribution is 0.0344. The molecule has 1 aromatic heterocycles. The number of halogens is 1. The zero-order chi connectivity index (χ0) is 18.5. The van der Waals surface area contributed by atoms with E-state index in [4.69, 9.17) is 4.74 Å². The van der Waals surface area contributed by atoms with Crippen molar-refractivity contribution in [3.05, 3.63) is 59.7 Å². The summed E-state index contributed by atoms with van der Waals surface area (Å²) in [5.41, 5.74) is 0.841. The van der Waals surface area contributed by atoms with Gasteiger partial charge in [0.05, 0.1) is 19.3 Å². The number of benzene rings is 1. The highest BCUT2D eigenvalue weighted by atomic mass is 19.1. The van der Waals surface area contributed by atoms with E-state index in [2.05, 4.69) is 10.3 Å². The molecule has 1 aliphatic rings. The molecule has 2 atom stereocenters. The van der Waals surface area contributed by atoms with Crippen LogP contribution in [0.2, 0.25) is 0 Å². The van der Waals surface area contributed by atoms with E-state index in [9.17, 15) is 14.3 Å². The second-order valence-corrected chi connectivity index (χ2v) is 6.34. The van der Waals surface area contributed by atoms with Gasteiger partial charge in [0.25, 0.3) is 5.91 Å². The van der Waals surface area contributed by atoms with Crippen LogP contribution in [-0.2, 0) is 6.54 Å². The predicted molar refractivity (Wildman–Crippen MR) is 94.3 cm³/mol. The Kier molecular flexibility index (Phi) is 5.80. The fourth-order valence-corrected chi connectivity index (χ4v) is 3.09. The quantitative estimate of drug-likeness (QED) is 0.848. The van der Waals surface area contributed by atoms with Crippen LogP contribution in [0.1, 0.15) is 22.5 Å². The number of rotatable bonds is 5. The number of hydrogen-bond donors (Lipinski definition) is 2. The normalized spacial score (nSPS) is 20.6. The Hall–Kier alpha value is -2.51. The van der Waals surface area contributed by atoms with Crippen LogP contribution in [0.5, 0.6) is 5.75 Å². The summed E-state index contributed by atoms with van der Waals surface area (Å²) >= 11 is 0. The first-order valence-corrected chi connectivity index (χ1v) is 8.51. The second kappa shape index (κ2) is 8.25. The molecular formula is C19H22FN3O3. The van der Waals surface area contributed by atoms with E-state index in [-0.39, 0.29) is 17.8 Å². The number of aromatic nitrogens is 1. The first kappa shape index (κ1) is 18.3. The Morgan fingerprint density at radius 2 is 2.27 bits per heavy atom. The smallest absolute Gasteiger partial charge is 0.270 e. The van der Waals surface area contributed by atoms with Crippen LogP contribution < -0.4 is 10.1 Å². The molecule has 1 saturated heterocycles. The maximum atomic E-state index is 14.0. The fraction of sp³-hybridized carbons (Fsp3) is 0.368. The minimum atomic E-state index is -0.731. The predicted octanol–water partition coefficient (Wildman–Crippen LogP) is 1.59. The van der Waals surface area contributed by atoms with Crippen molar-refractivity contribution in [3.63, 3.8) is 0 Å². The van der Waals surface area contributed by atoms with E-state index < -0.39 is 6.10 Å². The molecule has 0 saturated carbocycles. The number of piperidine rings is 1. The zero-order valence-corrected chi connectivity index (χ0v) is 14.6. The summed E-state index contributed by atoms with van der Waals surface area (Å²) in [7, 11) is 1.54. The summed E-state index contributed by atoms with van der Waals surface area (Å²) in [6.45, 7) is 1.37. The van der Waals surface area contributed by atoms with Crippen LogP contribution >= 0.6 is 0 Å². The van der Waals surface area contributed by atoms with Gasteiger partial charge in [-0.15, -0.1) is 0 Å². The first-order chi connectivity index (χ1) is 12.6. The van der Waals surface area contributed by atoms with Crippen molar-refractivity contribution in [2.45, 2.75) is 25.1 Å². The third-order valence-electron chi connectivity index (χ3n) is 4.53. The standard InChI is InChI=1S/C19H22FN3O3/c1-26-14-5-6-15(20)13(10-14)11-23-9-7-16(18(24)12-23)22-19(25)17-4-2-3-8-21-17/h2-6,8,10,16,18,24H,7,9,11-12H2,1H3,(H,22,25)/t16-,18-/m1/s1. The molecule has 1 fully saturated rings. The number of amides is 1. The number of carbonyl (C=O) groups is 1. The highest BCUT2D eigenvalue weighted by molar-refractivity contribution is 5.92. The Morgan fingerprint density at radius 3 is 2.96 bits per heavy atom. The number of likely N-dealkylation sites (tertiary alicyclic amines) is 1. The van der Waals surface area contributed by atoms with Gasteiger partial charge in [-0.1, -0.05) is 6.07 Å². The Bertz CT molecular complexity index is 757. The summed E-state index contributed by atoms with van der Waals surface area (Å²) in [5, 5.41) is 13.2. The molecule has 0 unspecified atom stereocenters. The van der Waals surface area contributed by atoms with Crippen molar-refractivity contribution in [3.8, 4) is 5.75 Å². The van der Waals surface area contributed by atoms with E-state index in [0.29, 0.717) is 43.1 Å². The van der Waals surface area contributed by atoms with Gasteiger partial charge in [-0.2, -0.15) is 0 Å². The van der Waals surface area contributed by atoms with Gasteiger partial charge in [-0.05, 0) is 36.8 Å². The summed E-state index contributed by atoms with van der Waals surface area (Å²) in [6.07, 6.45) is 1.40. The highest BCUT2D eigenvalue weighted by Crippen LogP contribution is 2.20. The number of β-amino-alcohol motifs (C(OH)–C–C–N with tert-alkyl or cyclic N) is 1. The van der Waals surface area contributed by atoms with E-state index in [1.54, 1.807) is 36.5 Å². The minimum absolute atomic E-state index is 0.300. The summed E-state index contributed by atoms with van der Waals surface area (Å²) in [4.78, 5) is 18.2. The van der Waals surface area contributed by atoms with Crippen LogP contribution in [0.15, 0.2) is 42.6 Å². The number of aliphatic hydroxyl groups is 1. The monoisotopic (exact) mass is 359 g/mol. The zero-order valence-electron chi connectivity index (χ0n) is 14.6. The average Bonchev–Trinajstić information content (AvgIpc) is 2.66. The maximum absolute atomic E-state index is 14.0. The molecular weight excluding hydrogens is 337 g/mol. The number of aliphatic hydroxyl groups excluding tert-OH is 1. The van der Waals surface area contributed by atoms with Crippen LogP contribution in [0.3, 0.4) is 0 Å². The van der Waals surface area contributed by atoms with Crippen molar-refractivity contribution in [2.75, 3.05) is 20.2 Å². The van der Waals surface area contributed by atoms with E-state index in [1.807, 2.05) is 4.90 Å². The van der Waals surface area contributed by atoms with Crippen molar-refractivity contribution in [1.82, 2.24) is 15.2 Å². The van der Waals surface area contributed by atoms with E-state index in [0.717, 1.165) is 0 Å². The van der Waals surface area contributed by atoms with Gasteiger partial charge in [0.1, 0.15) is 17.3 Å². The van der Waals surface area contributed by atoms with E-state index >= 15 is 0 Å². The van der Waals surface area contributed by atoms with Crippen LogP contribution in [0.25, 0.3) is 0 Å². The van der Waals surface area contributed by atoms with Gasteiger partial charge in [0, 0.05) is 31.4 Å². The van der Waals surface area contributed by atoms with Crippen molar-refractivity contribution in [1.29, 1.82) is 0 Å². The van der Waals surface area contributed by atoms with E-state index in [1.165, 1.54) is 13.2 Å². The summed E-state index contributed by atoms with van der Waals surface area (Å²) < 4.78 is 19.1. The van der Waals surface area contributed by atoms with Gasteiger partial charge in [-0.25, -0.2) is 4.39 Å². The lowest BCUT2D eigenvalue weighted by Crippen LogP contribution is -2.53. The number of ether oxygens (including phenoxy) is 1. The van der Waals surface area contributed by atoms with Gasteiger partial charge >= 0.3 is 0 Å². The van der Waals surface area contributed by atoms with Crippen molar-refractivity contribution in [2.24, 2.45) is 0 Å². The molecule has 1 amide bonds. The Labute approximate surface area is 151 Å². The third kappa shape index (κ3) is 4.36. The summed E-state index contributed by atoms with van der Waals surface area (Å²) in [5.74, 6) is -0.00716. The highest BCUT2D eigenvalue weighted by Gasteiger charge is 2.29. The van der Waals surface area contributed by atoms with Crippen LogP contribution in [0, 0.1) is 5.82 Å². The lowest BCUT2D eigenvalue weighted by Gasteiger charge is -2.36. The number of nitrogens with one attached hydrogen (secondary N) is 1. The molecule has 138 valence electrons. The van der Waals surface area contributed by atoms with Gasteiger partial charge in [0.15, 0.2) is 0 Å². The largest absolute Gasteiger partial charge is 0.497 e. The number of hydrogen-bond acceptors (Lipinski definition) is 5. The third-order valence-corrected chi connectivity index (χ3v) is 4.53. The molecule has 0 radical (unpaired) electrons.